The zero-order chi connectivity index (χ0) is 13.4. The van der Waals surface area contributed by atoms with Crippen LogP contribution in [0.5, 0.6) is 0 Å². The number of nitrogens with zero attached hydrogens (tertiary/aromatic N) is 2. The van der Waals surface area contributed by atoms with E-state index in [1.807, 2.05) is 0 Å². The Kier molecular flexibility index (Phi) is 3.46. The molecule has 0 bridgehead atoms. The van der Waals surface area contributed by atoms with Crippen molar-refractivity contribution < 1.29 is 30.0 Å². The normalized spacial score (nSPS) is 37.7. The number of hydrazine groups is 1. The van der Waals surface area contributed by atoms with Crippen LogP contribution < -0.4 is 0 Å². The molecule has 4 N–H and O–H groups in total. The van der Waals surface area contributed by atoms with E-state index in [0.717, 1.165) is 22.2 Å². The van der Waals surface area contributed by atoms with Gasteiger partial charge >= 0.3 is 0 Å². The van der Waals surface area contributed by atoms with Crippen LogP contribution in [0.15, 0.2) is 12.2 Å². The summed E-state index contributed by atoms with van der Waals surface area (Å²) in [5.74, 6) is -1.23. The van der Waals surface area contributed by atoms with E-state index in [2.05, 4.69) is 0 Å². The van der Waals surface area contributed by atoms with Crippen LogP contribution in [-0.2, 0) is 9.59 Å². The zero-order valence-corrected chi connectivity index (χ0v) is 9.38. The number of aliphatic hydroxyl groups excluding tert-OH is 4. The number of piperidine rings is 1. The van der Waals surface area contributed by atoms with Gasteiger partial charge in [0.15, 0.2) is 0 Å². The van der Waals surface area contributed by atoms with E-state index in [1.165, 1.54) is 0 Å². The first-order valence-electron chi connectivity index (χ1n) is 5.45. The Labute approximate surface area is 102 Å². The monoisotopic (exact) mass is 258 g/mol. The highest BCUT2D eigenvalue weighted by atomic mass is 16.4. The van der Waals surface area contributed by atoms with Crippen LogP contribution in [0.25, 0.3) is 0 Å². The number of β-amino-alcohol motifs (C(OH)–C–C–N with tert-alkyl or cyclic N) is 1. The lowest BCUT2D eigenvalue weighted by Crippen LogP contribution is -2.67. The Balaban J connectivity index is 2.25. The van der Waals surface area contributed by atoms with Gasteiger partial charge in [-0.2, -0.15) is 0 Å². The molecular formula is C10H14N2O6. The largest absolute Gasteiger partial charge is 0.395 e. The Hall–Kier alpha value is -1.32. The minimum absolute atomic E-state index is 0.234. The Morgan fingerprint density at radius 1 is 1.11 bits per heavy atom. The summed E-state index contributed by atoms with van der Waals surface area (Å²) in [4.78, 5) is 23.0. The summed E-state index contributed by atoms with van der Waals surface area (Å²) in [6.45, 7) is -0.801. The van der Waals surface area contributed by atoms with Gasteiger partial charge in [0.25, 0.3) is 11.8 Å². The van der Waals surface area contributed by atoms with Gasteiger partial charge in [0.2, 0.25) is 0 Å². The second kappa shape index (κ2) is 4.75. The predicted molar refractivity (Wildman–Crippen MR) is 56.6 cm³/mol. The predicted octanol–water partition coefficient (Wildman–Crippen LogP) is -3.41. The second-order valence-electron chi connectivity index (χ2n) is 4.24. The summed E-state index contributed by atoms with van der Waals surface area (Å²) in [5, 5.41) is 39.8. The van der Waals surface area contributed by atoms with Gasteiger partial charge in [0, 0.05) is 18.7 Å². The van der Waals surface area contributed by atoms with E-state index in [1.54, 1.807) is 0 Å². The molecule has 0 saturated carbocycles. The first-order valence-corrected chi connectivity index (χ1v) is 5.45. The maximum atomic E-state index is 11.5. The summed E-state index contributed by atoms with van der Waals surface area (Å²) in [5.41, 5.74) is 0. The van der Waals surface area contributed by atoms with Crippen molar-refractivity contribution in [2.45, 2.75) is 24.4 Å². The van der Waals surface area contributed by atoms with E-state index in [9.17, 15) is 30.0 Å². The van der Waals surface area contributed by atoms with Crippen molar-refractivity contribution in [2.24, 2.45) is 0 Å². The lowest BCUT2D eigenvalue weighted by Gasteiger charge is -2.45. The fourth-order valence-corrected chi connectivity index (χ4v) is 2.14. The Bertz CT molecular complexity index is 380. The Morgan fingerprint density at radius 3 is 2.17 bits per heavy atom. The van der Waals surface area contributed by atoms with Crippen LogP contribution in [0.1, 0.15) is 0 Å². The molecule has 2 heterocycles. The molecule has 8 nitrogen and oxygen atoms in total. The van der Waals surface area contributed by atoms with Gasteiger partial charge in [-0.25, -0.2) is 10.0 Å². The van der Waals surface area contributed by atoms with Crippen LogP contribution in [0.3, 0.4) is 0 Å². The number of rotatable bonds is 2. The third-order valence-corrected chi connectivity index (χ3v) is 3.13. The van der Waals surface area contributed by atoms with Crippen molar-refractivity contribution in [1.29, 1.82) is 0 Å². The summed E-state index contributed by atoms with van der Waals surface area (Å²) < 4.78 is 0. The average molecular weight is 258 g/mol. The highest BCUT2D eigenvalue weighted by Gasteiger charge is 2.46. The van der Waals surface area contributed by atoms with Crippen molar-refractivity contribution in [3.63, 3.8) is 0 Å². The van der Waals surface area contributed by atoms with Crippen LogP contribution in [0.2, 0.25) is 0 Å². The minimum Gasteiger partial charge on any atom is -0.395 e. The van der Waals surface area contributed by atoms with Crippen molar-refractivity contribution in [3.8, 4) is 0 Å². The number of hydrogen-bond acceptors (Lipinski definition) is 7. The molecule has 0 aromatic rings. The number of aliphatic hydroxyl groups is 4. The molecule has 1 saturated heterocycles. The van der Waals surface area contributed by atoms with Crippen LogP contribution >= 0.6 is 0 Å². The van der Waals surface area contributed by atoms with Crippen LogP contribution in [0, 0.1) is 0 Å². The molecule has 0 aliphatic carbocycles. The molecule has 2 amide bonds. The van der Waals surface area contributed by atoms with E-state index in [0.29, 0.717) is 0 Å². The maximum absolute atomic E-state index is 11.5. The molecule has 4 atom stereocenters. The van der Waals surface area contributed by atoms with Crippen LogP contribution in [-0.4, -0.2) is 79.8 Å². The fourth-order valence-electron chi connectivity index (χ4n) is 2.14. The van der Waals surface area contributed by atoms with Gasteiger partial charge in [-0.3, -0.25) is 9.59 Å². The van der Waals surface area contributed by atoms with E-state index in [4.69, 9.17) is 0 Å². The average Bonchev–Trinajstić information content (AvgIpc) is 2.66. The molecule has 0 radical (unpaired) electrons. The highest BCUT2D eigenvalue weighted by molar-refractivity contribution is 6.12. The summed E-state index contributed by atoms with van der Waals surface area (Å²) in [7, 11) is 0. The Morgan fingerprint density at radius 2 is 1.67 bits per heavy atom. The van der Waals surface area contributed by atoms with Crippen molar-refractivity contribution in [1.82, 2.24) is 10.0 Å². The van der Waals surface area contributed by atoms with E-state index < -0.39 is 42.8 Å². The first kappa shape index (κ1) is 13.1. The van der Waals surface area contributed by atoms with Crippen LogP contribution in [0.4, 0.5) is 0 Å². The SMILES string of the molecule is O=C1C=CC(=O)N1N1CC(O)C(O)C(O)C1CO. The lowest BCUT2D eigenvalue weighted by atomic mass is 9.95. The molecule has 2 aliphatic heterocycles. The zero-order valence-electron chi connectivity index (χ0n) is 9.38. The second-order valence-corrected chi connectivity index (χ2v) is 4.24. The highest BCUT2D eigenvalue weighted by Crippen LogP contribution is 2.22. The number of amides is 2. The van der Waals surface area contributed by atoms with Gasteiger partial charge < -0.3 is 20.4 Å². The van der Waals surface area contributed by atoms with Gasteiger partial charge in [0.1, 0.15) is 12.2 Å². The summed E-state index contributed by atoms with van der Waals surface area (Å²) in [6.07, 6.45) is -2.09. The first-order chi connectivity index (χ1) is 8.47. The molecule has 100 valence electrons. The molecular weight excluding hydrogens is 244 g/mol. The van der Waals surface area contributed by atoms with E-state index in [-0.39, 0.29) is 6.54 Å². The molecule has 1 fully saturated rings. The van der Waals surface area contributed by atoms with Crippen molar-refractivity contribution in [3.05, 3.63) is 12.2 Å². The third-order valence-electron chi connectivity index (χ3n) is 3.13. The summed E-state index contributed by atoms with van der Waals surface area (Å²) in [6, 6.07) is -1.03. The number of hydrogen-bond donors (Lipinski definition) is 4. The smallest absolute Gasteiger partial charge is 0.268 e. The minimum atomic E-state index is -1.46. The fraction of sp³-hybridized carbons (Fsp3) is 0.600. The van der Waals surface area contributed by atoms with Crippen molar-refractivity contribution in [2.75, 3.05) is 13.2 Å². The standard InChI is InChI=1S/C10H14N2O6/c13-4-5-9(17)10(18)6(14)3-11(5)12-7(15)1-2-8(12)16/h1-2,5-6,9-10,13-14,17-18H,3-4H2. The molecule has 2 rings (SSSR count). The van der Waals surface area contributed by atoms with Gasteiger partial charge in [-0.05, 0) is 0 Å². The van der Waals surface area contributed by atoms with Crippen molar-refractivity contribution >= 4 is 11.8 Å². The van der Waals surface area contributed by atoms with E-state index >= 15 is 0 Å². The molecule has 0 aromatic heterocycles. The number of carbonyl (C=O) groups excluding carboxylic acids is 2. The quantitative estimate of drug-likeness (QED) is 0.381. The number of carbonyl (C=O) groups is 2. The molecule has 2 aliphatic rings. The molecule has 0 aromatic carbocycles. The molecule has 4 unspecified atom stereocenters. The maximum Gasteiger partial charge on any atom is 0.268 e. The van der Waals surface area contributed by atoms with Gasteiger partial charge in [-0.1, -0.05) is 0 Å². The number of imide groups is 1. The molecule has 18 heavy (non-hydrogen) atoms. The van der Waals surface area contributed by atoms with Gasteiger partial charge in [-0.15, -0.1) is 0 Å². The molecule has 0 spiro atoms. The third kappa shape index (κ3) is 1.93. The topological polar surface area (TPSA) is 122 Å². The molecule has 8 heteroatoms. The van der Waals surface area contributed by atoms with Gasteiger partial charge in [0.05, 0.1) is 18.8 Å². The lowest BCUT2D eigenvalue weighted by molar-refractivity contribution is -0.203. The summed E-state index contributed by atoms with van der Waals surface area (Å²) >= 11 is 0.